The maximum atomic E-state index is 11.8. The molecule has 3 aliphatic rings. The van der Waals surface area contributed by atoms with Crippen molar-refractivity contribution in [2.75, 3.05) is 19.0 Å². The fraction of sp³-hybridized carbons (Fsp3) is 0.325. The highest BCUT2D eigenvalue weighted by Crippen LogP contribution is 2.50. The fourth-order valence-corrected chi connectivity index (χ4v) is 9.96. The van der Waals surface area contributed by atoms with Crippen molar-refractivity contribution in [2.45, 2.75) is 80.0 Å². The number of fused-ring (bicyclic) bond motifs is 6. The maximum Gasteiger partial charge on any atom is 0.294 e. The number of likely N-dealkylation sites (N-methyl/N-ethyl adjacent to an activating group) is 1. The molecule has 1 atom stereocenters. The highest BCUT2D eigenvalue weighted by Gasteiger charge is 2.45. The van der Waals surface area contributed by atoms with E-state index in [1.54, 1.807) is 6.07 Å². The molecule has 0 aromatic heterocycles. The van der Waals surface area contributed by atoms with Crippen molar-refractivity contribution < 1.29 is 32.2 Å². The molecule has 7 rings (SSSR count). The molecule has 0 saturated carbocycles. The van der Waals surface area contributed by atoms with Crippen LogP contribution in [-0.4, -0.2) is 48.7 Å². The Labute approximate surface area is 308 Å². The van der Waals surface area contributed by atoms with Crippen LogP contribution in [-0.2, 0) is 30.3 Å². The number of allylic oxidation sites excluding steroid dienone is 5. The van der Waals surface area contributed by atoms with E-state index in [9.17, 15) is 13.0 Å². The van der Waals surface area contributed by atoms with Gasteiger partial charge in [0.1, 0.15) is 7.05 Å². The molecule has 0 saturated heterocycles. The summed E-state index contributed by atoms with van der Waals surface area (Å²) in [4.78, 5) is 3.06. The quantitative estimate of drug-likeness (QED) is 0.0605. The van der Waals surface area contributed by atoms with E-state index >= 15 is 0 Å². The van der Waals surface area contributed by atoms with E-state index in [1.165, 1.54) is 39.6 Å². The predicted molar refractivity (Wildman–Crippen MR) is 206 cm³/mol. The summed E-state index contributed by atoms with van der Waals surface area (Å²) in [6.45, 7) is 9.02. The number of benzene rings is 4. The summed E-state index contributed by atoms with van der Waals surface area (Å²) in [5.41, 5.74) is 7.76. The Morgan fingerprint density at radius 3 is 2.43 bits per heavy atom. The lowest BCUT2D eigenvalue weighted by molar-refractivity contribution is -0.432. The summed E-state index contributed by atoms with van der Waals surface area (Å²) in [6, 6.07) is 19.3. The zero-order chi connectivity index (χ0) is 36.5. The molecule has 1 aliphatic carbocycles. The van der Waals surface area contributed by atoms with Crippen LogP contribution in [0.5, 0.6) is 0 Å². The molecular weight excluding hydrogens is 704 g/mol. The molecule has 4 aromatic rings. The second-order valence-corrected chi connectivity index (χ2v) is 17.4. The topological polar surface area (TPSA) is 99.3 Å². The summed E-state index contributed by atoms with van der Waals surface area (Å²) in [5, 5.41) is 17.2. The predicted octanol–water partition coefficient (Wildman–Crippen LogP) is 10.0. The van der Waals surface area contributed by atoms with E-state index < -0.39 is 10.1 Å². The van der Waals surface area contributed by atoms with Crippen molar-refractivity contribution in [3.8, 4) is 0 Å². The maximum absolute atomic E-state index is 11.8. The molecule has 51 heavy (non-hydrogen) atoms. The summed E-state index contributed by atoms with van der Waals surface area (Å²) in [7, 11) is -0.0475. The van der Waals surface area contributed by atoms with E-state index in [4.69, 9.17) is 16.9 Å². The van der Waals surface area contributed by atoms with Crippen LogP contribution < -0.4 is 4.90 Å². The zero-order valence-electron chi connectivity index (χ0n) is 29.5. The van der Waals surface area contributed by atoms with E-state index in [0.29, 0.717) is 0 Å². The van der Waals surface area contributed by atoms with Gasteiger partial charge in [-0.15, -0.1) is 4.33 Å². The van der Waals surface area contributed by atoms with Crippen molar-refractivity contribution in [2.24, 2.45) is 0 Å². The van der Waals surface area contributed by atoms with Crippen LogP contribution in [0.25, 0.3) is 21.5 Å². The molecule has 2 heterocycles. The van der Waals surface area contributed by atoms with Gasteiger partial charge in [-0.1, -0.05) is 60.8 Å². The van der Waals surface area contributed by atoms with Gasteiger partial charge in [-0.25, -0.2) is 5.26 Å². The van der Waals surface area contributed by atoms with Gasteiger partial charge < -0.3 is 4.90 Å². The van der Waals surface area contributed by atoms with Crippen LogP contribution >= 0.6 is 23.6 Å². The van der Waals surface area contributed by atoms with Crippen LogP contribution in [0.3, 0.4) is 0 Å². The number of halogens is 1. The van der Waals surface area contributed by atoms with Crippen LogP contribution in [0.4, 0.5) is 11.4 Å². The smallest absolute Gasteiger partial charge is 0.294 e. The Balaban J connectivity index is 1.15. The third-order valence-electron chi connectivity index (χ3n) is 11.2. The first kappa shape index (κ1) is 35.9. The molecule has 11 heteroatoms. The lowest BCUT2D eigenvalue weighted by Gasteiger charge is -2.32. The van der Waals surface area contributed by atoms with Gasteiger partial charge in [0.25, 0.3) is 10.1 Å². The first-order valence-corrected chi connectivity index (χ1v) is 19.6. The summed E-state index contributed by atoms with van der Waals surface area (Å²) < 4.78 is 40.1. The van der Waals surface area contributed by atoms with E-state index in [0.717, 1.165) is 75.1 Å². The van der Waals surface area contributed by atoms with E-state index in [2.05, 4.69) is 103 Å². The molecule has 266 valence electrons. The second kappa shape index (κ2) is 13.2. The van der Waals surface area contributed by atoms with Gasteiger partial charge in [-0.2, -0.15) is 13.0 Å². The van der Waals surface area contributed by atoms with E-state index in [-0.39, 0.29) is 21.8 Å². The molecule has 0 amide bonds. The Bertz CT molecular complexity index is 2340. The number of anilines is 1. The molecule has 1 unspecified atom stereocenters. The summed E-state index contributed by atoms with van der Waals surface area (Å²) >= 11 is 8.14. The van der Waals surface area contributed by atoms with Gasteiger partial charge in [0.15, 0.2) is 5.71 Å². The highest BCUT2D eigenvalue weighted by molar-refractivity contribution is 7.94. The molecule has 4 aromatic carbocycles. The summed E-state index contributed by atoms with van der Waals surface area (Å²) in [5.74, 6) is 0. The zero-order valence-corrected chi connectivity index (χ0v) is 31.9. The second-order valence-electron chi connectivity index (χ2n) is 14.8. The molecule has 2 aliphatic heterocycles. The Morgan fingerprint density at radius 1 is 0.980 bits per heavy atom. The van der Waals surface area contributed by atoms with Crippen molar-refractivity contribution >= 4 is 72.4 Å². The molecule has 0 bridgehead atoms. The lowest BCUT2D eigenvalue weighted by atomic mass is 9.77. The largest absolute Gasteiger partial charge is 0.370 e. The normalized spacial score (nSPS) is 20.8. The minimum absolute atomic E-state index is 0.0979. The SMILES string of the molecule is CN1c2ccc3cc(S(=O)(=O)O)ccc3c2C(C)(C)C1C/C=C1\CCCC(/C=C/C2=[N+](C)c3ccc4cc(SOOO)ccc4c3C2(C)C)=C1Cl. The van der Waals surface area contributed by atoms with Crippen LogP contribution in [0.1, 0.15) is 64.5 Å². The molecular formula is C40H42ClN2O6S2+. The average Bonchev–Trinajstić information content (AvgIpc) is 3.41. The number of nitrogens with zero attached hydrogens (tertiary/aromatic N) is 2. The molecule has 0 radical (unpaired) electrons. The van der Waals surface area contributed by atoms with E-state index in [1.807, 2.05) is 24.3 Å². The standard InChI is InChI=1S/C40H41ClN2O6S2/c1-39(2)34(42(5)32-18-10-26-22-28(50-49-48-44)14-16-30(26)36(32)39)20-12-24-8-7-9-25(38(24)41)13-21-35-40(3,4)37-31-17-15-29(51(45,46)47)23-27(31)11-19-33(37)43(35)6/h10-20,22-23,35H,7-9,21H2,1-6H3,(H-,44,45,46,47)/p+1/b20-12+,25-13+. The van der Waals surface area contributed by atoms with Gasteiger partial charge in [0.2, 0.25) is 5.69 Å². The van der Waals surface area contributed by atoms with Crippen LogP contribution in [0, 0.1) is 0 Å². The highest BCUT2D eigenvalue weighted by atomic mass is 35.5. The van der Waals surface area contributed by atoms with Crippen molar-refractivity contribution in [1.82, 2.24) is 0 Å². The Morgan fingerprint density at radius 2 is 1.69 bits per heavy atom. The fourth-order valence-electron chi connectivity index (χ4n) is 8.71. The lowest BCUT2D eigenvalue weighted by Crippen LogP contribution is -2.39. The van der Waals surface area contributed by atoms with Crippen LogP contribution in [0.2, 0.25) is 0 Å². The minimum atomic E-state index is -4.29. The number of hydrogen-bond donors (Lipinski definition) is 2. The Kier molecular flexibility index (Phi) is 9.28. The first-order valence-electron chi connectivity index (χ1n) is 17.0. The number of rotatable bonds is 8. The minimum Gasteiger partial charge on any atom is -0.370 e. The van der Waals surface area contributed by atoms with Crippen molar-refractivity contribution in [3.63, 3.8) is 0 Å². The number of hydrogen-bond acceptors (Lipinski definition) is 7. The van der Waals surface area contributed by atoms with Gasteiger partial charge >= 0.3 is 0 Å². The van der Waals surface area contributed by atoms with Gasteiger partial charge in [-0.3, -0.25) is 4.55 Å². The molecule has 8 nitrogen and oxygen atoms in total. The van der Waals surface area contributed by atoms with Crippen molar-refractivity contribution in [3.05, 3.63) is 106 Å². The Hall–Kier alpha value is -3.48. The van der Waals surface area contributed by atoms with Gasteiger partial charge in [0, 0.05) is 51.8 Å². The van der Waals surface area contributed by atoms with Gasteiger partial charge in [-0.05, 0) is 114 Å². The molecule has 2 N–H and O–H groups in total. The van der Waals surface area contributed by atoms with Gasteiger partial charge in [0.05, 0.1) is 22.4 Å². The third kappa shape index (κ3) is 6.14. The monoisotopic (exact) mass is 745 g/mol. The molecule has 0 spiro atoms. The summed E-state index contributed by atoms with van der Waals surface area (Å²) in [6.07, 6.45) is 10.4. The first-order chi connectivity index (χ1) is 24.1. The molecule has 0 fully saturated rings. The third-order valence-corrected chi connectivity index (χ3v) is 13.1. The van der Waals surface area contributed by atoms with Crippen molar-refractivity contribution in [1.29, 1.82) is 0 Å². The van der Waals surface area contributed by atoms with Crippen LogP contribution in [0.15, 0.2) is 105 Å². The average molecular weight is 746 g/mol.